The molecule has 2 atom stereocenters. The van der Waals surface area contributed by atoms with Crippen LogP contribution in [-0.4, -0.2) is 40.0 Å². The van der Waals surface area contributed by atoms with Gasteiger partial charge in [-0.1, -0.05) is 61.7 Å². The molecule has 1 aliphatic carbocycles. The fraction of sp³-hybridized carbons (Fsp3) is 0.423. The van der Waals surface area contributed by atoms with Crippen LogP contribution >= 0.6 is 0 Å². The Labute approximate surface area is 198 Å². The molecule has 1 saturated carbocycles. The number of aryl methyl sites for hydroxylation is 1. The van der Waals surface area contributed by atoms with Crippen LogP contribution in [0.1, 0.15) is 55.2 Å². The molecule has 2 unspecified atom stereocenters. The first-order valence-corrected chi connectivity index (χ1v) is 11.9. The molecule has 0 aromatic heterocycles. The highest BCUT2D eigenvalue weighted by molar-refractivity contribution is 6.07. The molecule has 2 fully saturated rings. The van der Waals surface area contributed by atoms with Crippen LogP contribution in [0.3, 0.4) is 0 Å². The molecular formula is C26H30FN3O4. The summed E-state index contributed by atoms with van der Waals surface area (Å²) in [6.45, 7) is 0. The van der Waals surface area contributed by atoms with E-state index in [0.29, 0.717) is 24.8 Å². The van der Waals surface area contributed by atoms with Crippen molar-refractivity contribution in [2.24, 2.45) is 5.92 Å². The minimum absolute atomic E-state index is 0.191. The van der Waals surface area contributed by atoms with E-state index in [1.54, 1.807) is 11.5 Å². The van der Waals surface area contributed by atoms with Gasteiger partial charge in [0.2, 0.25) is 0 Å². The second-order valence-corrected chi connectivity index (χ2v) is 9.16. The number of rotatable bonds is 8. The number of urea groups is 1. The van der Waals surface area contributed by atoms with Crippen molar-refractivity contribution in [3.8, 4) is 0 Å². The van der Waals surface area contributed by atoms with E-state index in [1.807, 2.05) is 36.4 Å². The molecule has 1 aliphatic heterocycles. The number of carbonyl (C=O) groups excluding carboxylic acids is 3. The third-order valence-corrected chi connectivity index (χ3v) is 6.88. The second kappa shape index (κ2) is 10.8. The maximum atomic E-state index is 14.7. The Morgan fingerprint density at radius 2 is 1.82 bits per heavy atom. The van der Waals surface area contributed by atoms with Gasteiger partial charge in [-0.15, -0.1) is 0 Å². The quantitative estimate of drug-likeness (QED) is 0.313. The summed E-state index contributed by atoms with van der Waals surface area (Å²) in [5.41, 5.74) is 4.03. The number of hydrogen-bond donors (Lipinski definition) is 3. The summed E-state index contributed by atoms with van der Waals surface area (Å²) >= 11 is 0. The first-order chi connectivity index (χ1) is 16.5. The van der Waals surface area contributed by atoms with Crippen molar-refractivity contribution in [1.29, 1.82) is 0 Å². The van der Waals surface area contributed by atoms with Crippen LogP contribution in [0, 0.1) is 11.7 Å². The van der Waals surface area contributed by atoms with E-state index in [9.17, 15) is 24.0 Å². The number of amides is 4. The fourth-order valence-corrected chi connectivity index (χ4v) is 5.10. The van der Waals surface area contributed by atoms with Crippen molar-refractivity contribution < 1.29 is 24.0 Å². The third kappa shape index (κ3) is 5.28. The molecule has 2 aliphatic rings. The molecule has 8 heteroatoms. The third-order valence-electron chi connectivity index (χ3n) is 6.88. The maximum absolute atomic E-state index is 14.7. The van der Waals surface area contributed by atoms with Crippen molar-refractivity contribution in [3.63, 3.8) is 0 Å². The average molecular weight is 468 g/mol. The number of nitrogens with one attached hydrogen (secondary N) is 2. The number of imide groups is 1. The lowest BCUT2D eigenvalue weighted by Crippen LogP contribution is -2.53. The van der Waals surface area contributed by atoms with Gasteiger partial charge in [-0.25, -0.2) is 19.6 Å². The molecule has 34 heavy (non-hydrogen) atoms. The second-order valence-electron chi connectivity index (χ2n) is 9.16. The maximum Gasteiger partial charge on any atom is 0.325 e. The molecule has 0 radical (unpaired) electrons. The van der Waals surface area contributed by atoms with Crippen molar-refractivity contribution in [1.82, 2.24) is 15.7 Å². The predicted octanol–water partition coefficient (Wildman–Crippen LogP) is 3.72. The van der Waals surface area contributed by atoms with Crippen molar-refractivity contribution >= 4 is 17.8 Å². The van der Waals surface area contributed by atoms with Gasteiger partial charge >= 0.3 is 6.03 Å². The Morgan fingerprint density at radius 1 is 1.09 bits per heavy atom. The van der Waals surface area contributed by atoms with Crippen LogP contribution in [0.5, 0.6) is 0 Å². The first-order valence-electron chi connectivity index (χ1n) is 11.9. The molecule has 3 N–H and O–H groups in total. The fourth-order valence-electron chi connectivity index (χ4n) is 5.10. The van der Waals surface area contributed by atoms with Gasteiger partial charge in [0.1, 0.15) is 17.9 Å². The Bertz CT molecular complexity index is 1040. The van der Waals surface area contributed by atoms with Crippen molar-refractivity contribution in [2.45, 2.75) is 63.5 Å². The summed E-state index contributed by atoms with van der Waals surface area (Å²) in [5.74, 6) is -1.80. The van der Waals surface area contributed by atoms with Gasteiger partial charge in [-0.3, -0.25) is 14.8 Å². The van der Waals surface area contributed by atoms with E-state index >= 15 is 0 Å². The molecule has 0 spiro atoms. The highest BCUT2D eigenvalue weighted by atomic mass is 19.1. The topological polar surface area (TPSA) is 98.7 Å². The zero-order valence-electron chi connectivity index (χ0n) is 19.0. The Hall–Kier alpha value is -3.26. The van der Waals surface area contributed by atoms with Crippen LogP contribution < -0.4 is 10.8 Å². The van der Waals surface area contributed by atoms with E-state index in [2.05, 4.69) is 5.32 Å². The van der Waals surface area contributed by atoms with E-state index < -0.39 is 29.9 Å². The average Bonchev–Trinajstić information content (AvgIpc) is 3.13. The van der Waals surface area contributed by atoms with Crippen LogP contribution in [0.2, 0.25) is 0 Å². The molecule has 0 bridgehead atoms. The summed E-state index contributed by atoms with van der Waals surface area (Å²) in [5, 5.41) is 11.9. The lowest BCUT2D eigenvalue weighted by Gasteiger charge is -2.33. The number of hydroxylamine groups is 1. The largest absolute Gasteiger partial charge is 0.326 e. The Kier molecular flexibility index (Phi) is 7.57. The van der Waals surface area contributed by atoms with Crippen LogP contribution in [0.25, 0.3) is 0 Å². The zero-order chi connectivity index (χ0) is 24.1. The van der Waals surface area contributed by atoms with Crippen LogP contribution in [0.15, 0.2) is 48.5 Å². The molecule has 4 rings (SSSR count). The predicted molar refractivity (Wildman–Crippen MR) is 123 cm³/mol. The summed E-state index contributed by atoms with van der Waals surface area (Å²) < 4.78 is 14.7. The summed E-state index contributed by atoms with van der Waals surface area (Å²) in [7, 11) is 0. The molecule has 180 valence electrons. The monoisotopic (exact) mass is 467 g/mol. The number of benzene rings is 2. The molecule has 2 aromatic carbocycles. The standard InChI is InChI=1S/C26H30FN3O4/c27-21-16-18(15-17-7-3-1-4-8-17)11-12-19(21)13-14-22-25(32)30(26(33)28-22)23(24(31)29-34)20-9-5-2-6-10-20/h1,3-4,7-8,11-12,16,20,22-23,34H,2,5-6,9-10,13-15H2,(H,28,33)(H,29,31). The van der Waals surface area contributed by atoms with Crippen molar-refractivity contribution in [3.05, 3.63) is 71.0 Å². The number of nitrogens with zero attached hydrogens (tertiary/aromatic N) is 1. The summed E-state index contributed by atoms with van der Waals surface area (Å²) in [4.78, 5) is 39.1. The number of hydrogen-bond acceptors (Lipinski definition) is 4. The van der Waals surface area contributed by atoms with Gasteiger partial charge < -0.3 is 5.32 Å². The van der Waals surface area contributed by atoms with Crippen molar-refractivity contribution in [2.75, 3.05) is 0 Å². The SMILES string of the molecule is O=C(NO)C(C1CCCCC1)N1C(=O)NC(CCc2ccc(Cc3ccccc3)cc2F)C1=O. The lowest BCUT2D eigenvalue weighted by atomic mass is 9.83. The highest BCUT2D eigenvalue weighted by Gasteiger charge is 2.47. The van der Waals surface area contributed by atoms with Gasteiger partial charge in [0.15, 0.2) is 0 Å². The van der Waals surface area contributed by atoms with Gasteiger partial charge in [-0.2, -0.15) is 0 Å². The molecule has 2 aromatic rings. The van der Waals surface area contributed by atoms with Crippen LogP contribution in [0.4, 0.5) is 9.18 Å². The Morgan fingerprint density at radius 3 is 2.50 bits per heavy atom. The smallest absolute Gasteiger partial charge is 0.325 e. The highest BCUT2D eigenvalue weighted by Crippen LogP contribution is 2.31. The lowest BCUT2D eigenvalue weighted by molar-refractivity contribution is -0.143. The number of carbonyl (C=O) groups is 3. The van der Waals surface area contributed by atoms with Gasteiger partial charge in [0, 0.05) is 0 Å². The van der Waals surface area contributed by atoms with E-state index in [4.69, 9.17) is 0 Å². The van der Waals surface area contributed by atoms with Gasteiger partial charge in [0.25, 0.3) is 11.8 Å². The van der Waals surface area contributed by atoms with E-state index in [1.165, 1.54) is 6.07 Å². The number of halogens is 1. The molecule has 1 heterocycles. The minimum Gasteiger partial charge on any atom is -0.326 e. The first kappa shape index (κ1) is 23.9. The van der Waals surface area contributed by atoms with Gasteiger partial charge in [-0.05, 0) is 60.8 Å². The molecule has 1 saturated heterocycles. The van der Waals surface area contributed by atoms with E-state index in [-0.39, 0.29) is 24.6 Å². The normalized spacial score (nSPS) is 19.7. The molecule has 4 amide bonds. The minimum atomic E-state index is -1.04. The summed E-state index contributed by atoms with van der Waals surface area (Å²) in [6.07, 6.45) is 5.39. The van der Waals surface area contributed by atoms with Crippen LogP contribution in [-0.2, 0) is 22.4 Å². The van der Waals surface area contributed by atoms with Gasteiger partial charge in [0.05, 0.1) is 0 Å². The van der Waals surface area contributed by atoms with E-state index in [0.717, 1.165) is 35.3 Å². The molecular weight excluding hydrogens is 437 g/mol. The Balaban J connectivity index is 1.41. The summed E-state index contributed by atoms with van der Waals surface area (Å²) in [6, 6.07) is 12.4. The molecule has 7 nitrogen and oxygen atoms in total. The zero-order valence-corrected chi connectivity index (χ0v) is 19.0.